The van der Waals surface area contributed by atoms with Crippen molar-refractivity contribution in [2.75, 3.05) is 6.61 Å². The first-order chi connectivity index (χ1) is 8.86. The highest BCUT2D eigenvalue weighted by Crippen LogP contribution is 2.35. The minimum absolute atomic E-state index is 0.158. The van der Waals surface area contributed by atoms with E-state index in [0.717, 1.165) is 8.95 Å². The third-order valence-corrected chi connectivity index (χ3v) is 3.48. The van der Waals surface area contributed by atoms with Gasteiger partial charge in [0.05, 0.1) is 16.0 Å². The molecule has 1 aromatic rings. The van der Waals surface area contributed by atoms with Crippen LogP contribution in [0.1, 0.15) is 26.3 Å². The third-order valence-electron chi connectivity index (χ3n) is 2.43. The zero-order chi connectivity index (χ0) is 14.6. The summed E-state index contributed by atoms with van der Waals surface area (Å²) in [6.45, 7) is 5.96. The number of halogens is 2. The van der Waals surface area contributed by atoms with Crippen LogP contribution in [0.25, 0.3) is 6.08 Å². The molecule has 4 nitrogen and oxygen atoms in total. The molecular weight excluding hydrogens is 378 g/mol. The molecule has 0 atom stereocenters. The molecule has 0 saturated heterocycles. The maximum atomic E-state index is 11.1. The number of rotatable bonds is 5. The zero-order valence-electron chi connectivity index (χ0n) is 10.9. The Labute approximate surface area is 129 Å². The van der Waals surface area contributed by atoms with E-state index in [0.29, 0.717) is 17.9 Å². The number of benzene rings is 1. The van der Waals surface area contributed by atoms with Crippen LogP contribution in [0.5, 0.6) is 5.75 Å². The fourth-order valence-electron chi connectivity index (χ4n) is 1.57. The highest BCUT2D eigenvalue weighted by atomic mass is 79.9. The number of nitro groups is 1. The van der Waals surface area contributed by atoms with Crippen LogP contribution in [0.4, 0.5) is 0 Å². The standard InChI is InChI=1S/C13H15Br2NO3/c1-4-19-13-9(5-10(14)7-11(13)15)6-12(8(2)3)16(17)18/h5-8H,4H2,1-3H3/b12-6-. The molecule has 0 aliphatic carbocycles. The first-order valence-electron chi connectivity index (χ1n) is 5.84. The second-order valence-electron chi connectivity index (χ2n) is 4.22. The number of allylic oxidation sites excluding steroid dienone is 1. The second-order valence-corrected chi connectivity index (χ2v) is 5.99. The summed E-state index contributed by atoms with van der Waals surface area (Å²) in [7, 11) is 0. The van der Waals surface area contributed by atoms with Crippen molar-refractivity contribution in [3.8, 4) is 5.75 Å². The number of hydrogen-bond donors (Lipinski definition) is 0. The predicted octanol–water partition coefficient (Wildman–Crippen LogP) is 4.88. The van der Waals surface area contributed by atoms with Gasteiger partial charge in [-0.2, -0.15) is 0 Å². The summed E-state index contributed by atoms with van der Waals surface area (Å²) in [5.74, 6) is 0.452. The van der Waals surface area contributed by atoms with Gasteiger partial charge in [0.15, 0.2) is 0 Å². The second kappa shape index (κ2) is 7.05. The molecule has 1 rings (SSSR count). The van der Waals surface area contributed by atoms with Gasteiger partial charge < -0.3 is 4.74 Å². The summed E-state index contributed by atoms with van der Waals surface area (Å²) in [5, 5.41) is 11.1. The SMILES string of the molecule is CCOc1c(Br)cc(Br)cc1/C=C(/C(C)C)[N+](=O)[O-]. The summed E-state index contributed by atoms with van der Waals surface area (Å²) < 4.78 is 7.15. The maximum Gasteiger partial charge on any atom is 0.249 e. The summed E-state index contributed by atoms with van der Waals surface area (Å²) in [5.41, 5.74) is 0.842. The van der Waals surface area contributed by atoms with Crippen molar-refractivity contribution in [2.24, 2.45) is 5.92 Å². The van der Waals surface area contributed by atoms with Crippen LogP contribution >= 0.6 is 31.9 Å². The first kappa shape index (κ1) is 16.2. The molecule has 19 heavy (non-hydrogen) atoms. The Morgan fingerprint density at radius 3 is 2.58 bits per heavy atom. The Hall–Kier alpha value is -0.880. The van der Waals surface area contributed by atoms with Crippen LogP contribution in [0.15, 0.2) is 26.8 Å². The summed E-state index contributed by atoms with van der Waals surface area (Å²) in [4.78, 5) is 10.7. The van der Waals surface area contributed by atoms with Crippen LogP contribution in [0.2, 0.25) is 0 Å². The Morgan fingerprint density at radius 2 is 2.11 bits per heavy atom. The smallest absolute Gasteiger partial charge is 0.249 e. The Balaban J connectivity index is 3.39. The van der Waals surface area contributed by atoms with Gasteiger partial charge in [0.1, 0.15) is 5.75 Å². The summed E-state index contributed by atoms with van der Waals surface area (Å²) >= 11 is 6.79. The van der Waals surface area contributed by atoms with Crippen molar-refractivity contribution in [1.29, 1.82) is 0 Å². The lowest BCUT2D eigenvalue weighted by Gasteiger charge is -2.11. The van der Waals surface area contributed by atoms with Gasteiger partial charge in [-0.1, -0.05) is 29.8 Å². The number of nitrogens with zero attached hydrogens (tertiary/aromatic N) is 1. The molecule has 0 radical (unpaired) electrons. The average Bonchev–Trinajstić information content (AvgIpc) is 2.29. The normalized spacial score (nSPS) is 11.8. The third kappa shape index (κ3) is 4.31. The van der Waals surface area contributed by atoms with E-state index in [4.69, 9.17) is 4.74 Å². The molecule has 0 heterocycles. The van der Waals surface area contributed by atoms with Gasteiger partial charge in [-0.15, -0.1) is 0 Å². The van der Waals surface area contributed by atoms with Crippen molar-refractivity contribution < 1.29 is 9.66 Å². The number of hydrogen-bond acceptors (Lipinski definition) is 3. The van der Waals surface area contributed by atoms with Crippen molar-refractivity contribution in [3.05, 3.63) is 42.5 Å². The van der Waals surface area contributed by atoms with Crippen molar-refractivity contribution in [2.45, 2.75) is 20.8 Å². The van der Waals surface area contributed by atoms with E-state index in [2.05, 4.69) is 31.9 Å². The van der Waals surface area contributed by atoms with Crippen LogP contribution in [0, 0.1) is 16.0 Å². The van der Waals surface area contributed by atoms with E-state index >= 15 is 0 Å². The van der Waals surface area contributed by atoms with Gasteiger partial charge in [-0.25, -0.2) is 0 Å². The van der Waals surface area contributed by atoms with Crippen molar-refractivity contribution in [1.82, 2.24) is 0 Å². The molecule has 1 aromatic carbocycles. The predicted molar refractivity (Wildman–Crippen MR) is 82.8 cm³/mol. The average molecular weight is 393 g/mol. The molecular formula is C13H15Br2NO3. The minimum atomic E-state index is -0.352. The van der Waals surface area contributed by atoms with Crippen molar-refractivity contribution >= 4 is 37.9 Å². The molecule has 6 heteroatoms. The molecule has 0 bridgehead atoms. The molecule has 0 amide bonds. The lowest BCUT2D eigenvalue weighted by Crippen LogP contribution is -2.06. The molecule has 0 N–H and O–H groups in total. The molecule has 0 aliphatic heterocycles. The maximum absolute atomic E-state index is 11.1. The van der Waals surface area contributed by atoms with Crippen LogP contribution in [-0.2, 0) is 0 Å². The molecule has 0 aliphatic rings. The largest absolute Gasteiger partial charge is 0.492 e. The Bertz CT molecular complexity index is 513. The molecule has 0 spiro atoms. The molecule has 104 valence electrons. The lowest BCUT2D eigenvalue weighted by atomic mass is 10.1. The molecule has 0 saturated carbocycles. The topological polar surface area (TPSA) is 52.4 Å². The van der Waals surface area contributed by atoms with Gasteiger partial charge in [0.25, 0.3) is 0 Å². The van der Waals surface area contributed by atoms with Gasteiger partial charge in [-0.05, 0) is 35.0 Å². The van der Waals surface area contributed by atoms with E-state index in [1.165, 1.54) is 0 Å². The summed E-state index contributed by atoms with van der Waals surface area (Å²) in [6.07, 6.45) is 1.56. The van der Waals surface area contributed by atoms with E-state index in [1.807, 2.05) is 19.1 Å². The van der Waals surface area contributed by atoms with E-state index in [1.54, 1.807) is 19.9 Å². The van der Waals surface area contributed by atoms with E-state index < -0.39 is 0 Å². The highest BCUT2D eigenvalue weighted by molar-refractivity contribution is 9.11. The zero-order valence-corrected chi connectivity index (χ0v) is 14.1. The quantitative estimate of drug-likeness (QED) is 0.529. The van der Waals surface area contributed by atoms with E-state index in [-0.39, 0.29) is 16.5 Å². The molecule has 0 unspecified atom stereocenters. The van der Waals surface area contributed by atoms with Gasteiger partial charge >= 0.3 is 0 Å². The van der Waals surface area contributed by atoms with Gasteiger partial charge in [-0.3, -0.25) is 10.1 Å². The first-order valence-corrected chi connectivity index (χ1v) is 7.43. The van der Waals surface area contributed by atoms with Crippen LogP contribution in [0.3, 0.4) is 0 Å². The van der Waals surface area contributed by atoms with Gasteiger partial charge in [0.2, 0.25) is 5.70 Å². The Morgan fingerprint density at radius 1 is 1.47 bits per heavy atom. The minimum Gasteiger partial charge on any atom is -0.492 e. The fourth-order valence-corrected chi connectivity index (χ4v) is 2.95. The monoisotopic (exact) mass is 391 g/mol. The van der Waals surface area contributed by atoms with Crippen LogP contribution < -0.4 is 4.74 Å². The highest BCUT2D eigenvalue weighted by Gasteiger charge is 2.18. The molecule has 0 aromatic heterocycles. The van der Waals surface area contributed by atoms with E-state index in [9.17, 15) is 10.1 Å². The van der Waals surface area contributed by atoms with Crippen molar-refractivity contribution in [3.63, 3.8) is 0 Å². The fraction of sp³-hybridized carbons (Fsp3) is 0.385. The number of ether oxygens (including phenoxy) is 1. The summed E-state index contributed by atoms with van der Waals surface area (Å²) in [6, 6.07) is 3.66. The van der Waals surface area contributed by atoms with Crippen LogP contribution in [-0.4, -0.2) is 11.5 Å². The Kier molecular flexibility index (Phi) is 6.00. The van der Waals surface area contributed by atoms with Gasteiger partial charge in [0, 0.05) is 22.0 Å². The molecule has 0 fully saturated rings. The lowest BCUT2D eigenvalue weighted by molar-refractivity contribution is -0.431.